The first-order valence-corrected chi connectivity index (χ1v) is 10.6. The Balaban J connectivity index is 1.71. The van der Waals surface area contributed by atoms with Crippen LogP contribution in [0.4, 0.5) is 0 Å². The van der Waals surface area contributed by atoms with E-state index in [2.05, 4.69) is 42.8 Å². The first-order valence-electron chi connectivity index (χ1n) is 10.2. The van der Waals surface area contributed by atoms with Gasteiger partial charge in [-0.15, -0.1) is 0 Å². The van der Waals surface area contributed by atoms with Crippen molar-refractivity contribution < 1.29 is 4.74 Å². The van der Waals surface area contributed by atoms with Crippen LogP contribution in [0.25, 0.3) is 0 Å². The third-order valence-corrected chi connectivity index (χ3v) is 6.79. The molecule has 0 N–H and O–H groups in total. The Morgan fingerprint density at radius 2 is 1.92 bits per heavy atom. The highest BCUT2D eigenvalue weighted by atomic mass is 35.5. The van der Waals surface area contributed by atoms with Crippen molar-refractivity contribution in [1.29, 1.82) is 0 Å². The number of halogens is 1. The summed E-state index contributed by atoms with van der Waals surface area (Å²) in [5, 5.41) is 0.916. The predicted molar refractivity (Wildman–Crippen MR) is 110 cm³/mol. The summed E-state index contributed by atoms with van der Waals surface area (Å²) < 4.78 is 6.12. The second-order valence-corrected chi connectivity index (χ2v) is 9.18. The molecule has 2 heterocycles. The highest BCUT2D eigenvalue weighted by Gasteiger charge is 2.38. The van der Waals surface area contributed by atoms with Gasteiger partial charge in [-0.1, -0.05) is 43.6 Å². The summed E-state index contributed by atoms with van der Waals surface area (Å²) in [6.07, 6.45) is 5.00. The number of piperazine rings is 1. The fourth-order valence-corrected chi connectivity index (χ4v) is 4.63. The molecule has 0 aromatic heterocycles. The van der Waals surface area contributed by atoms with E-state index in [9.17, 15) is 0 Å². The second-order valence-electron chi connectivity index (χ2n) is 8.77. The molecule has 0 spiro atoms. The molecule has 4 heteroatoms. The lowest BCUT2D eigenvalue weighted by molar-refractivity contribution is -0.0748. The van der Waals surface area contributed by atoms with Crippen LogP contribution < -0.4 is 0 Å². The van der Waals surface area contributed by atoms with Gasteiger partial charge in [0.25, 0.3) is 0 Å². The van der Waals surface area contributed by atoms with E-state index in [1.807, 2.05) is 12.1 Å². The van der Waals surface area contributed by atoms with Crippen molar-refractivity contribution in [3.63, 3.8) is 0 Å². The Morgan fingerprint density at radius 3 is 2.62 bits per heavy atom. The number of nitrogens with zero attached hydrogens (tertiary/aromatic N) is 2. The number of rotatable bonds is 6. The lowest BCUT2D eigenvalue weighted by Gasteiger charge is -2.44. The van der Waals surface area contributed by atoms with Crippen LogP contribution in [-0.4, -0.2) is 62.3 Å². The van der Waals surface area contributed by atoms with Gasteiger partial charge in [0.1, 0.15) is 0 Å². The molecule has 0 amide bonds. The largest absolute Gasteiger partial charge is 0.378 e. The lowest BCUT2D eigenvalue weighted by atomic mass is 9.69. The highest BCUT2D eigenvalue weighted by Crippen LogP contribution is 2.43. The van der Waals surface area contributed by atoms with Crippen molar-refractivity contribution in [1.82, 2.24) is 9.80 Å². The van der Waals surface area contributed by atoms with Gasteiger partial charge < -0.3 is 14.5 Å². The minimum atomic E-state index is 0.307. The van der Waals surface area contributed by atoms with E-state index in [1.54, 1.807) is 0 Å². The normalized spacial score (nSPS) is 28.6. The molecule has 0 saturated carbocycles. The molecule has 1 aromatic carbocycles. The number of hydrogen-bond acceptors (Lipinski definition) is 3. The van der Waals surface area contributed by atoms with Gasteiger partial charge in [-0.3, -0.25) is 0 Å². The summed E-state index contributed by atoms with van der Waals surface area (Å²) in [5.41, 5.74) is 1.61. The van der Waals surface area contributed by atoms with Crippen LogP contribution in [-0.2, 0) is 11.2 Å². The molecule has 2 fully saturated rings. The molecular weight excluding hydrogens is 344 g/mol. The van der Waals surface area contributed by atoms with Crippen LogP contribution in [0.3, 0.4) is 0 Å². The minimum absolute atomic E-state index is 0.307. The van der Waals surface area contributed by atoms with Crippen LogP contribution in [0.5, 0.6) is 0 Å². The van der Waals surface area contributed by atoms with Crippen LogP contribution in [0, 0.1) is 11.3 Å². The van der Waals surface area contributed by atoms with Crippen molar-refractivity contribution >= 4 is 11.6 Å². The summed E-state index contributed by atoms with van der Waals surface area (Å²) in [6.45, 7) is 11.4. The first-order chi connectivity index (χ1) is 12.5. The third-order valence-electron chi connectivity index (χ3n) is 6.42. The summed E-state index contributed by atoms with van der Waals surface area (Å²) in [6, 6.07) is 8.39. The van der Waals surface area contributed by atoms with Gasteiger partial charge in [-0.05, 0) is 62.2 Å². The quantitative estimate of drug-likeness (QED) is 0.732. The second kappa shape index (κ2) is 9.05. The van der Waals surface area contributed by atoms with Crippen LogP contribution in [0.15, 0.2) is 24.3 Å². The molecule has 26 heavy (non-hydrogen) atoms. The zero-order valence-electron chi connectivity index (χ0n) is 16.7. The monoisotopic (exact) mass is 378 g/mol. The van der Waals surface area contributed by atoms with Gasteiger partial charge >= 0.3 is 0 Å². The van der Waals surface area contributed by atoms with Crippen molar-refractivity contribution in [3.8, 4) is 0 Å². The molecule has 2 atom stereocenters. The van der Waals surface area contributed by atoms with Crippen molar-refractivity contribution in [2.24, 2.45) is 11.3 Å². The van der Waals surface area contributed by atoms with E-state index in [0.717, 1.165) is 30.9 Å². The zero-order valence-corrected chi connectivity index (χ0v) is 17.5. The Kier molecular flexibility index (Phi) is 7.01. The molecule has 2 aliphatic rings. The van der Waals surface area contributed by atoms with E-state index < -0.39 is 0 Å². The average molecular weight is 379 g/mol. The molecule has 0 bridgehead atoms. The van der Waals surface area contributed by atoms with E-state index in [1.165, 1.54) is 44.7 Å². The third kappa shape index (κ3) is 5.22. The molecule has 3 nitrogen and oxygen atoms in total. The number of benzene rings is 1. The SMILES string of the molecule is CC(C)[C@H]1C[C@](CCN2CCN(C)CC2)(Cc2ccccc2Cl)CCO1. The molecular formula is C22H35ClN2O. The smallest absolute Gasteiger partial charge is 0.0603 e. The van der Waals surface area contributed by atoms with E-state index in [4.69, 9.17) is 16.3 Å². The van der Waals surface area contributed by atoms with Gasteiger partial charge in [-0.25, -0.2) is 0 Å². The van der Waals surface area contributed by atoms with Gasteiger partial charge in [0.15, 0.2) is 0 Å². The van der Waals surface area contributed by atoms with Crippen molar-refractivity contribution in [2.45, 2.75) is 45.6 Å². The predicted octanol–water partition coefficient (Wildman–Crippen LogP) is 4.34. The average Bonchev–Trinajstić information content (AvgIpc) is 2.63. The summed E-state index contributed by atoms with van der Waals surface area (Å²) in [7, 11) is 2.22. The standard InChI is InChI=1S/C22H35ClN2O/c1-18(2)21-17-22(9-15-26-21,16-19-6-4-5-7-20(19)23)8-10-25-13-11-24(3)12-14-25/h4-7,18,21H,8-17H2,1-3H3/t21-,22+/m1/s1. The van der Waals surface area contributed by atoms with Gasteiger partial charge in [0.2, 0.25) is 0 Å². The zero-order chi connectivity index (χ0) is 18.6. The van der Waals surface area contributed by atoms with Crippen LogP contribution >= 0.6 is 11.6 Å². The van der Waals surface area contributed by atoms with Gasteiger partial charge in [0, 0.05) is 37.8 Å². The van der Waals surface area contributed by atoms with E-state index in [-0.39, 0.29) is 0 Å². The molecule has 2 saturated heterocycles. The van der Waals surface area contributed by atoms with Crippen molar-refractivity contribution in [3.05, 3.63) is 34.9 Å². The van der Waals surface area contributed by atoms with Crippen LogP contribution in [0.2, 0.25) is 5.02 Å². The maximum absolute atomic E-state index is 6.52. The van der Waals surface area contributed by atoms with Gasteiger partial charge in [0.05, 0.1) is 6.10 Å². The molecule has 146 valence electrons. The topological polar surface area (TPSA) is 15.7 Å². The van der Waals surface area contributed by atoms with E-state index >= 15 is 0 Å². The molecule has 0 aliphatic carbocycles. The Labute approximate surface area is 164 Å². The van der Waals surface area contributed by atoms with Crippen LogP contribution in [0.1, 0.15) is 38.7 Å². The lowest BCUT2D eigenvalue weighted by Crippen LogP contribution is -2.47. The number of ether oxygens (including phenoxy) is 1. The number of hydrogen-bond donors (Lipinski definition) is 0. The number of likely N-dealkylation sites (N-methyl/N-ethyl adjacent to an activating group) is 1. The van der Waals surface area contributed by atoms with Gasteiger partial charge in [-0.2, -0.15) is 0 Å². The summed E-state index contributed by atoms with van der Waals surface area (Å²) >= 11 is 6.52. The Hall–Kier alpha value is -0.610. The first kappa shape index (κ1) is 20.1. The van der Waals surface area contributed by atoms with Crippen molar-refractivity contribution in [2.75, 3.05) is 46.4 Å². The maximum atomic E-state index is 6.52. The summed E-state index contributed by atoms with van der Waals surface area (Å²) in [4.78, 5) is 5.08. The fourth-order valence-electron chi connectivity index (χ4n) is 4.43. The fraction of sp³-hybridized carbons (Fsp3) is 0.727. The molecule has 2 aliphatic heterocycles. The van der Waals surface area contributed by atoms with E-state index in [0.29, 0.717) is 17.4 Å². The molecule has 0 unspecified atom stereocenters. The Morgan fingerprint density at radius 1 is 1.19 bits per heavy atom. The highest BCUT2D eigenvalue weighted by molar-refractivity contribution is 6.31. The molecule has 0 radical (unpaired) electrons. The Bertz CT molecular complexity index is 571. The minimum Gasteiger partial charge on any atom is -0.378 e. The molecule has 3 rings (SSSR count). The molecule has 1 aromatic rings. The summed E-state index contributed by atoms with van der Waals surface area (Å²) in [5.74, 6) is 0.574. The maximum Gasteiger partial charge on any atom is 0.0603 e.